The number of aromatic nitrogens is 2. The fourth-order valence-corrected chi connectivity index (χ4v) is 3.51. The van der Waals surface area contributed by atoms with Crippen LogP contribution in [0.5, 0.6) is 0 Å². The van der Waals surface area contributed by atoms with Crippen LogP contribution in [0.2, 0.25) is 0 Å². The molecule has 1 N–H and O–H groups in total. The number of benzene rings is 1. The maximum absolute atomic E-state index is 12.1. The average molecular weight is 345 g/mol. The molecular formula is C16H15N3O2S2. The Hall–Kier alpha value is -2.12. The van der Waals surface area contributed by atoms with Gasteiger partial charge in [-0.2, -0.15) is 0 Å². The van der Waals surface area contributed by atoms with Crippen LogP contribution in [0, 0.1) is 6.92 Å². The molecule has 0 spiro atoms. The summed E-state index contributed by atoms with van der Waals surface area (Å²) in [5.41, 5.74) is 1.87. The molecule has 2 aromatic heterocycles. The highest BCUT2D eigenvalue weighted by atomic mass is 32.2. The van der Waals surface area contributed by atoms with Gasteiger partial charge in [0.1, 0.15) is 5.76 Å². The summed E-state index contributed by atoms with van der Waals surface area (Å²) in [7, 11) is 0. The number of Topliss-reactive ketones (excluding diaryl/α,β-unsaturated/α-hetero) is 1. The summed E-state index contributed by atoms with van der Waals surface area (Å²) in [4.78, 5) is 12.1. The van der Waals surface area contributed by atoms with Crippen molar-refractivity contribution in [3.8, 4) is 0 Å². The van der Waals surface area contributed by atoms with Crippen molar-refractivity contribution in [2.45, 2.75) is 17.8 Å². The van der Waals surface area contributed by atoms with E-state index in [1.165, 1.54) is 23.1 Å². The van der Waals surface area contributed by atoms with Crippen LogP contribution in [0.25, 0.3) is 0 Å². The molecule has 0 aliphatic carbocycles. The van der Waals surface area contributed by atoms with Gasteiger partial charge in [0.05, 0.1) is 18.6 Å². The summed E-state index contributed by atoms with van der Waals surface area (Å²) >= 11 is 2.83. The molecule has 0 saturated carbocycles. The fraction of sp³-hybridized carbons (Fsp3) is 0.188. The lowest BCUT2D eigenvalue weighted by molar-refractivity contribution is 0.102. The summed E-state index contributed by atoms with van der Waals surface area (Å²) < 4.78 is 6.01. The normalized spacial score (nSPS) is 10.7. The number of hydrogen-bond donors (Lipinski definition) is 1. The number of anilines is 1. The predicted octanol–water partition coefficient (Wildman–Crippen LogP) is 4.03. The molecule has 23 heavy (non-hydrogen) atoms. The Morgan fingerprint density at radius 1 is 1.26 bits per heavy atom. The van der Waals surface area contributed by atoms with Crippen LogP contribution >= 0.6 is 23.1 Å². The van der Waals surface area contributed by atoms with E-state index in [9.17, 15) is 4.79 Å². The highest BCUT2D eigenvalue weighted by molar-refractivity contribution is 8.01. The molecule has 3 rings (SSSR count). The molecule has 0 bridgehead atoms. The number of carbonyl (C=O) groups is 1. The van der Waals surface area contributed by atoms with Gasteiger partial charge >= 0.3 is 0 Å². The van der Waals surface area contributed by atoms with Crippen LogP contribution in [0.4, 0.5) is 5.13 Å². The first-order valence-corrected chi connectivity index (χ1v) is 8.83. The van der Waals surface area contributed by atoms with Crippen LogP contribution in [-0.4, -0.2) is 21.7 Å². The Kier molecular flexibility index (Phi) is 5.09. The van der Waals surface area contributed by atoms with Crippen LogP contribution < -0.4 is 5.32 Å². The Morgan fingerprint density at radius 3 is 2.83 bits per heavy atom. The zero-order chi connectivity index (χ0) is 16.1. The highest BCUT2D eigenvalue weighted by Gasteiger charge is 2.10. The van der Waals surface area contributed by atoms with Gasteiger partial charge in [0.2, 0.25) is 5.13 Å². The van der Waals surface area contributed by atoms with Gasteiger partial charge in [0.15, 0.2) is 10.1 Å². The van der Waals surface area contributed by atoms with E-state index in [0.717, 1.165) is 21.2 Å². The second-order valence-corrected chi connectivity index (χ2v) is 7.08. The number of aryl methyl sites for hydroxylation is 1. The molecule has 0 fully saturated rings. The van der Waals surface area contributed by atoms with E-state index >= 15 is 0 Å². The van der Waals surface area contributed by atoms with Crippen molar-refractivity contribution in [1.29, 1.82) is 0 Å². The second kappa shape index (κ2) is 7.43. The van der Waals surface area contributed by atoms with Crippen molar-refractivity contribution in [2.24, 2.45) is 0 Å². The Balaban J connectivity index is 1.50. The third-order valence-electron chi connectivity index (χ3n) is 3.10. The van der Waals surface area contributed by atoms with Gasteiger partial charge in [0.25, 0.3) is 0 Å². The third kappa shape index (κ3) is 4.43. The molecule has 2 heterocycles. The number of furan rings is 1. The lowest BCUT2D eigenvalue weighted by Gasteiger charge is -1.99. The van der Waals surface area contributed by atoms with Crippen LogP contribution in [0.15, 0.2) is 51.4 Å². The first-order valence-electron chi connectivity index (χ1n) is 7.03. The molecule has 1 aromatic carbocycles. The summed E-state index contributed by atoms with van der Waals surface area (Å²) in [5, 5.41) is 12.0. The van der Waals surface area contributed by atoms with Gasteiger partial charge in [-0.05, 0) is 19.1 Å². The molecule has 3 aromatic rings. The number of nitrogens with one attached hydrogen (secondary N) is 1. The summed E-state index contributed by atoms with van der Waals surface area (Å²) in [6.45, 7) is 2.57. The SMILES string of the molecule is Cc1ccc(C(=O)CSc2nnc(NCc3ccco3)s2)cc1. The molecule has 0 aliphatic heterocycles. The number of rotatable bonds is 7. The Bertz CT molecular complexity index is 767. The minimum Gasteiger partial charge on any atom is -0.467 e. The van der Waals surface area contributed by atoms with Crippen molar-refractivity contribution < 1.29 is 9.21 Å². The molecular weight excluding hydrogens is 330 g/mol. The molecule has 0 unspecified atom stereocenters. The van der Waals surface area contributed by atoms with Gasteiger partial charge in [0, 0.05) is 5.56 Å². The van der Waals surface area contributed by atoms with Crippen molar-refractivity contribution in [3.05, 3.63) is 59.5 Å². The largest absolute Gasteiger partial charge is 0.467 e. The van der Waals surface area contributed by atoms with E-state index in [2.05, 4.69) is 15.5 Å². The maximum atomic E-state index is 12.1. The molecule has 0 aliphatic rings. The molecule has 7 heteroatoms. The number of hydrogen-bond acceptors (Lipinski definition) is 7. The fourth-order valence-electron chi connectivity index (χ4n) is 1.87. The highest BCUT2D eigenvalue weighted by Crippen LogP contribution is 2.26. The maximum Gasteiger partial charge on any atom is 0.206 e. The van der Waals surface area contributed by atoms with Gasteiger partial charge in [-0.15, -0.1) is 10.2 Å². The van der Waals surface area contributed by atoms with E-state index in [-0.39, 0.29) is 5.78 Å². The van der Waals surface area contributed by atoms with Gasteiger partial charge in [-0.1, -0.05) is 52.9 Å². The van der Waals surface area contributed by atoms with Crippen molar-refractivity contribution in [1.82, 2.24) is 10.2 Å². The van der Waals surface area contributed by atoms with Crippen LogP contribution in [-0.2, 0) is 6.54 Å². The second-order valence-electron chi connectivity index (χ2n) is 4.88. The lowest BCUT2D eigenvalue weighted by atomic mass is 10.1. The zero-order valence-electron chi connectivity index (χ0n) is 12.5. The first-order chi connectivity index (χ1) is 11.2. The summed E-state index contributed by atoms with van der Waals surface area (Å²) in [6, 6.07) is 11.3. The van der Waals surface area contributed by atoms with E-state index in [1.807, 2.05) is 43.3 Å². The zero-order valence-corrected chi connectivity index (χ0v) is 14.1. The molecule has 0 amide bonds. The van der Waals surface area contributed by atoms with E-state index < -0.39 is 0 Å². The van der Waals surface area contributed by atoms with Gasteiger partial charge in [-0.25, -0.2) is 0 Å². The molecule has 0 atom stereocenters. The third-order valence-corrected chi connectivity index (χ3v) is 5.11. The monoisotopic (exact) mass is 345 g/mol. The van der Waals surface area contributed by atoms with Crippen molar-refractivity contribution in [3.63, 3.8) is 0 Å². The molecule has 0 saturated heterocycles. The minimum absolute atomic E-state index is 0.0929. The average Bonchev–Trinajstić information content (AvgIpc) is 3.23. The standard InChI is InChI=1S/C16H15N3O2S2/c1-11-4-6-12(7-5-11)14(20)10-22-16-19-18-15(23-16)17-9-13-3-2-8-21-13/h2-8H,9-10H2,1H3,(H,17,18). The predicted molar refractivity (Wildman–Crippen MR) is 92.2 cm³/mol. The summed E-state index contributed by atoms with van der Waals surface area (Å²) in [6.07, 6.45) is 1.63. The first kappa shape index (κ1) is 15.8. The summed E-state index contributed by atoms with van der Waals surface area (Å²) in [5.74, 6) is 1.29. The Morgan fingerprint density at radius 2 is 2.09 bits per heavy atom. The van der Waals surface area contributed by atoms with Crippen molar-refractivity contribution in [2.75, 3.05) is 11.1 Å². The van der Waals surface area contributed by atoms with Crippen molar-refractivity contribution >= 4 is 34.0 Å². The smallest absolute Gasteiger partial charge is 0.206 e. The quantitative estimate of drug-likeness (QED) is 0.515. The Labute approximate surface area is 142 Å². The number of nitrogens with zero attached hydrogens (tertiary/aromatic N) is 2. The van der Waals surface area contributed by atoms with E-state index in [0.29, 0.717) is 17.4 Å². The van der Waals surface area contributed by atoms with E-state index in [1.54, 1.807) is 6.26 Å². The van der Waals surface area contributed by atoms with Crippen LogP contribution in [0.1, 0.15) is 21.7 Å². The van der Waals surface area contributed by atoms with E-state index in [4.69, 9.17) is 4.42 Å². The topological polar surface area (TPSA) is 68.0 Å². The molecule has 0 radical (unpaired) electrons. The number of ketones is 1. The number of carbonyl (C=O) groups excluding carboxylic acids is 1. The van der Waals surface area contributed by atoms with Crippen LogP contribution in [0.3, 0.4) is 0 Å². The molecule has 5 nitrogen and oxygen atoms in total. The van der Waals surface area contributed by atoms with Gasteiger partial charge in [-0.3, -0.25) is 4.79 Å². The lowest BCUT2D eigenvalue weighted by Crippen LogP contribution is -2.01. The van der Waals surface area contributed by atoms with Gasteiger partial charge < -0.3 is 9.73 Å². The number of thioether (sulfide) groups is 1. The molecule has 118 valence electrons. The minimum atomic E-state index is 0.0929.